The molecule has 0 aliphatic carbocycles. The Morgan fingerprint density at radius 1 is 1.08 bits per heavy atom. The molecule has 124 valence electrons. The van der Waals surface area contributed by atoms with Gasteiger partial charge in [-0.25, -0.2) is 18.1 Å². The summed E-state index contributed by atoms with van der Waals surface area (Å²) in [5, 5.41) is 0. The molecule has 3 aromatic rings. The summed E-state index contributed by atoms with van der Waals surface area (Å²) in [5.74, 6) is 0. The molecule has 1 N–H and O–H groups in total. The van der Waals surface area contributed by atoms with Crippen molar-refractivity contribution in [3.8, 4) is 5.69 Å². The summed E-state index contributed by atoms with van der Waals surface area (Å²) in [7, 11) is -3.51. The van der Waals surface area contributed by atoms with Crippen molar-refractivity contribution in [3.05, 3.63) is 72.8 Å². The topological polar surface area (TPSA) is 64.0 Å². The second-order valence-corrected chi connectivity index (χ2v) is 7.78. The van der Waals surface area contributed by atoms with E-state index in [1.807, 2.05) is 41.3 Å². The van der Waals surface area contributed by atoms with Crippen molar-refractivity contribution in [1.82, 2.24) is 14.3 Å². The summed E-state index contributed by atoms with van der Waals surface area (Å²) in [6.45, 7) is 0.247. The van der Waals surface area contributed by atoms with Crippen molar-refractivity contribution in [2.24, 2.45) is 0 Å². The fraction of sp³-hybridized carbons (Fsp3) is 0.118. The average Bonchev–Trinajstić information content (AvgIpc) is 3.15. The zero-order valence-electron chi connectivity index (χ0n) is 13.1. The number of sulfonamides is 1. The van der Waals surface area contributed by atoms with Crippen LogP contribution < -0.4 is 4.72 Å². The van der Waals surface area contributed by atoms with Gasteiger partial charge in [-0.05, 0) is 48.2 Å². The van der Waals surface area contributed by atoms with Crippen LogP contribution in [0.3, 0.4) is 0 Å². The third-order valence-electron chi connectivity index (χ3n) is 3.57. The number of thioether (sulfide) groups is 1. The highest BCUT2D eigenvalue weighted by Gasteiger charge is 2.13. The van der Waals surface area contributed by atoms with Crippen molar-refractivity contribution in [1.29, 1.82) is 0 Å². The Morgan fingerprint density at radius 2 is 1.79 bits per heavy atom. The molecule has 24 heavy (non-hydrogen) atoms. The van der Waals surface area contributed by atoms with Crippen LogP contribution in [0.5, 0.6) is 0 Å². The van der Waals surface area contributed by atoms with E-state index in [2.05, 4.69) is 9.71 Å². The van der Waals surface area contributed by atoms with Gasteiger partial charge in [0.15, 0.2) is 0 Å². The maximum Gasteiger partial charge on any atom is 0.240 e. The summed E-state index contributed by atoms with van der Waals surface area (Å²) in [4.78, 5) is 5.31. The van der Waals surface area contributed by atoms with Gasteiger partial charge in [0.1, 0.15) is 0 Å². The summed E-state index contributed by atoms with van der Waals surface area (Å²) in [6.07, 6.45) is 7.24. The number of aromatic nitrogens is 2. The fourth-order valence-corrected chi connectivity index (χ4v) is 3.64. The molecule has 0 amide bonds. The molecule has 2 aromatic carbocycles. The van der Waals surface area contributed by atoms with Gasteiger partial charge in [-0.3, -0.25) is 0 Å². The van der Waals surface area contributed by atoms with Crippen molar-refractivity contribution in [2.75, 3.05) is 6.26 Å². The van der Waals surface area contributed by atoms with Gasteiger partial charge < -0.3 is 4.57 Å². The number of hydrogen-bond donors (Lipinski definition) is 1. The predicted octanol–water partition coefficient (Wildman–Crippen LogP) is 3.07. The number of rotatable bonds is 6. The molecule has 1 aromatic heterocycles. The Kier molecular flexibility index (Phi) is 5.03. The summed E-state index contributed by atoms with van der Waals surface area (Å²) in [5.41, 5.74) is 1.87. The first-order valence-electron chi connectivity index (χ1n) is 7.29. The number of benzene rings is 2. The first-order chi connectivity index (χ1) is 11.6. The standard InChI is InChI=1S/C17H17N3O2S2/c1-23-16-6-8-17(9-7-16)24(21,22)19-12-14-2-4-15(5-3-14)20-11-10-18-13-20/h2-11,13,19H,12H2,1H3. The molecule has 1 heterocycles. The zero-order valence-corrected chi connectivity index (χ0v) is 14.7. The molecule has 0 aliphatic heterocycles. The Labute approximate surface area is 145 Å². The molecule has 0 bridgehead atoms. The van der Waals surface area contributed by atoms with Crippen molar-refractivity contribution < 1.29 is 8.42 Å². The average molecular weight is 359 g/mol. The summed E-state index contributed by atoms with van der Waals surface area (Å²) >= 11 is 1.58. The van der Waals surface area contributed by atoms with E-state index in [4.69, 9.17) is 0 Å². The molecule has 3 rings (SSSR count). The molecule has 0 saturated carbocycles. The molecule has 0 aliphatic rings. The SMILES string of the molecule is CSc1ccc(S(=O)(=O)NCc2ccc(-n3ccnc3)cc2)cc1. The molecular weight excluding hydrogens is 342 g/mol. The van der Waals surface area contributed by atoms with Crippen LogP contribution in [0.2, 0.25) is 0 Å². The van der Waals surface area contributed by atoms with Crippen LogP contribution >= 0.6 is 11.8 Å². The minimum Gasteiger partial charge on any atom is -0.306 e. The van der Waals surface area contributed by atoms with Crippen LogP contribution in [0.25, 0.3) is 5.69 Å². The monoisotopic (exact) mass is 359 g/mol. The lowest BCUT2D eigenvalue weighted by Gasteiger charge is -2.08. The smallest absolute Gasteiger partial charge is 0.240 e. The number of imidazole rings is 1. The van der Waals surface area contributed by atoms with Gasteiger partial charge in [-0.2, -0.15) is 0 Å². The van der Waals surface area contributed by atoms with E-state index in [0.29, 0.717) is 0 Å². The van der Waals surface area contributed by atoms with Crippen LogP contribution in [-0.2, 0) is 16.6 Å². The largest absolute Gasteiger partial charge is 0.306 e. The quantitative estimate of drug-likeness (QED) is 0.687. The van der Waals surface area contributed by atoms with E-state index in [0.717, 1.165) is 16.1 Å². The molecule has 0 saturated heterocycles. The fourth-order valence-electron chi connectivity index (χ4n) is 2.21. The third kappa shape index (κ3) is 3.87. The van der Waals surface area contributed by atoms with Crippen molar-refractivity contribution in [3.63, 3.8) is 0 Å². The number of nitrogens with zero attached hydrogens (tertiary/aromatic N) is 2. The van der Waals surface area contributed by atoms with Gasteiger partial charge in [-0.15, -0.1) is 11.8 Å². The maximum atomic E-state index is 12.3. The van der Waals surface area contributed by atoms with Crippen LogP contribution in [-0.4, -0.2) is 24.2 Å². The normalized spacial score (nSPS) is 11.5. The second kappa shape index (κ2) is 7.21. The summed E-state index contributed by atoms with van der Waals surface area (Å²) < 4.78 is 29.2. The molecule has 0 radical (unpaired) electrons. The Hall–Kier alpha value is -2.09. The van der Waals surface area contributed by atoms with Gasteiger partial charge in [0.05, 0.1) is 11.2 Å². The van der Waals surface area contributed by atoms with Crippen LogP contribution in [0.1, 0.15) is 5.56 Å². The van der Waals surface area contributed by atoms with E-state index in [-0.39, 0.29) is 11.4 Å². The van der Waals surface area contributed by atoms with Gasteiger partial charge in [0.25, 0.3) is 0 Å². The highest BCUT2D eigenvalue weighted by atomic mass is 32.2. The van der Waals surface area contributed by atoms with Crippen LogP contribution in [0.4, 0.5) is 0 Å². The van der Waals surface area contributed by atoms with Crippen molar-refractivity contribution in [2.45, 2.75) is 16.3 Å². The van der Waals surface area contributed by atoms with Gasteiger partial charge in [0, 0.05) is 29.5 Å². The van der Waals surface area contributed by atoms with E-state index >= 15 is 0 Å². The minimum absolute atomic E-state index is 0.247. The Morgan fingerprint density at radius 3 is 2.38 bits per heavy atom. The van der Waals surface area contributed by atoms with E-state index in [1.54, 1.807) is 48.6 Å². The maximum absolute atomic E-state index is 12.3. The molecule has 0 atom stereocenters. The lowest BCUT2D eigenvalue weighted by Crippen LogP contribution is -2.23. The lowest BCUT2D eigenvalue weighted by molar-refractivity contribution is 0.581. The van der Waals surface area contributed by atoms with Gasteiger partial charge in [-0.1, -0.05) is 12.1 Å². The predicted molar refractivity (Wildman–Crippen MR) is 95.8 cm³/mol. The number of nitrogens with one attached hydrogen (secondary N) is 1. The second-order valence-electron chi connectivity index (χ2n) is 5.14. The molecule has 0 fully saturated rings. The number of hydrogen-bond acceptors (Lipinski definition) is 4. The van der Waals surface area contributed by atoms with Crippen LogP contribution in [0.15, 0.2) is 77.0 Å². The summed E-state index contributed by atoms with van der Waals surface area (Å²) in [6, 6.07) is 14.5. The van der Waals surface area contributed by atoms with Crippen LogP contribution in [0, 0.1) is 0 Å². The minimum atomic E-state index is -3.51. The van der Waals surface area contributed by atoms with E-state index in [9.17, 15) is 8.42 Å². The third-order valence-corrected chi connectivity index (χ3v) is 5.74. The molecule has 5 nitrogen and oxygen atoms in total. The first-order valence-corrected chi connectivity index (χ1v) is 10.0. The molecule has 0 spiro atoms. The highest BCUT2D eigenvalue weighted by molar-refractivity contribution is 7.98. The molecular formula is C17H17N3O2S2. The Bertz CT molecular complexity index is 888. The molecule has 0 unspecified atom stereocenters. The Balaban J connectivity index is 1.67. The lowest BCUT2D eigenvalue weighted by atomic mass is 10.2. The zero-order chi connectivity index (χ0) is 17.0. The van der Waals surface area contributed by atoms with Crippen molar-refractivity contribution >= 4 is 21.8 Å². The van der Waals surface area contributed by atoms with E-state index in [1.165, 1.54) is 0 Å². The first kappa shape index (κ1) is 16.8. The highest BCUT2D eigenvalue weighted by Crippen LogP contribution is 2.18. The van der Waals surface area contributed by atoms with E-state index < -0.39 is 10.0 Å². The molecule has 7 heteroatoms. The van der Waals surface area contributed by atoms with Gasteiger partial charge >= 0.3 is 0 Å². The van der Waals surface area contributed by atoms with Gasteiger partial charge in [0.2, 0.25) is 10.0 Å².